The lowest BCUT2D eigenvalue weighted by molar-refractivity contribution is 0.200. The third kappa shape index (κ3) is 3.70. The molecule has 1 heterocycles. The van der Waals surface area contributed by atoms with Crippen LogP contribution < -0.4 is 10.6 Å². The van der Waals surface area contributed by atoms with Crippen molar-refractivity contribution >= 4 is 16.7 Å². The SMILES string of the molecule is COCCNCCNc1nc(C2CC2)ns1. The second kappa shape index (κ2) is 6.12. The average Bonchev–Trinajstić information content (AvgIpc) is 3.04. The Morgan fingerprint density at radius 2 is 2.25 bits per heavy atom. The van der Waals surface area contributed by atoms with Gasteiger partial charge in [-0.3, -0.25) is 0 Å². The highest BCUT2D eigenvalue weighted by atomic mass is 32.1. The first-order chi connectivity index (χ1) is 7.90. The lowest BCUT2D eigenvalue weighted by atomic mass is 10.4. The summed E-state index contributed by atoms with van der Waals surface area (Å²) in [5.41, 5.74) is 0. The van der Waals surface area contributed by atoms with Crippen molar-refractivity contribution in [3.05, 3.63) is 5.82 Å². The van der Waals surface area contributed by atoms with E-state index in [0.29, 0.717) is 5.92 Å². The van der Waals surface area contributed by atoms with Crippen LogP contribution in [0.2, 0.25) is 0 Å². The van der Waals surface area contributed by atoms with E-state index in [1.54, 1.807) is 7.11 Å². The molecule has 0 aliphatic heterocycles. The van der Waals surface area contributed by atoms with Gasteiger partial charge < -0.3 is 15.4 Å². The van der Waals surface area contributed by atoms with Crippen molar-refractivity contribution in [3.8, 4) is 0 Å². The third-order valence-corrected chi connectivity index (χ3v) is 3.13. The van der Waals surface area contributed by atoms with Crippen LogP contribution in [0.4, 0.5) is 5.13 Å². The van der Waals surface area contributed by atoms with Crippen LogP contribution in [0.25, 0.3) is 0 Å². The normalized spacial score (nSPS) is 15.3. The number of rotatable bonds is 8. The fraction of sp³-hybridized carbons (Fsp3) is 0.800. The summed E-state index contributed by atoms with van der Waals surface area (Å²) in [6.45, 7) is 3.44. The van der Waals surface area contributed by atoms with E-state index >= 15 is 0 Å². The molecule has 0 saturated heterocycles. The maximum absolute atomic E-state index is 4.94. The highest BCUT2D eigenvalue weighted by Crippen LogP contribution is 2.39. The van der Waals surface area contributed by atoms with Crippen molar-refractivity contribution in [1.82, 2.24) is 14.7 Å². The van der Waals surface area contributed by atoms with E-state index in [0.717, 1.165) is 37.2 Å². The summed E-state index contributed by atoms with van der Waals surface area (Å²) in [5, 5.41) is 7.47. The van der Waals surface area contributed by atoms with E-state index in [2.05, 4.69) is 20.0 Å². The van der Waals surface area contributed by atoms with Crippen LogP contribution in [0, 0.1) is 0 Å². The first-order valence-electron chi connectivity index (χ1n) is 5.67. The van der Waals surface area contributed by atoms with Crippen molar-refractivity contribution in [1.29, 1.82) is 0 Å². The molecular formula is C10H18N4OS. The summed E-state index contributed by atoms with van der Waals surface area (Å²) in [7, 11) is 1.71. The third-order valence-electron chi connectivity index (χ3n) is 2.45. The molecule has 1 aromatic heterocycles. The topological polar surface area (TPSA) is 59.1 Å². The molecule has 0 radical (unpaired) electrons. The average molecular weight is 242 g/mol. The van der Waals surface area contributed by atoms with Crippen molar-refractivity contribution in [2.75, 3.05) is 38.7 Å². The van der Waals surface area contributed by atoms with Crippen LogP contribution in [0.15, 0.2) is 0 Å². The molecule has 0 aromatic carbocycles. The molecule has 0 unspecified atom stereocenters. The Bertz CT molecular complexity index is 314. The molecule has 0 amide bonds. The van der Waals surface area contributed by atoms with Crippen LogP contribution in [0.5, 0.6) is 0 Å². The monoisotopic (exact) mass is 242 g/mol. The number of nitrogens with one attached hydrogen (secondary N) is 2. The zero-order valence-electron chi connectivity index (χ0n) is 9.53. The Morgan fingerprint density at radius 3 is 3.00 bits per heavy atom. The van der Waals surface area contributed by atoms with Crippen LogP contribution in [0.1, 0.15) is 24.6 Å². The zero-order valence-corrected chi connectivity index (χ0v) is 10.3. The van der Waals surface area contributed by atoms with Gasteiger partial charge >= 0.3 is 0 Å². The Labute approximate surface area is 99.8 Å². The van der Waals surface area contributed by atoms with E-state index < -0.39 is 0 Å². The van der Waals surface area contributed by atoms with E-state index in [-0.39, 0.29) is 0 Å². The van der Waals surface area contributed by atoms with Crippen molar-refractivity contribution < 1.29 is 4.74 Å². The number of ether oxygens (including phenoxy) is 1. The first-order valence-corrected chi connectivity index (χ1v) is 6.44. The van der Waals surface area contributed by atoms with Gasteiger partial charge in [-0.2, -0.15) is 4.37 Å². The maximum atomic E-state index is 4.94. The number of hydrogen-bond acceptors (Lipinski definition) is 6. The predicted molar refractivity (Wildman–Crippen MR) is 65.1 cm³/mol. The first kappa shape index (κ1) is 11.8. The summed E-state index contributed by atoms with van der Waals surface area (Å²) in [5.74, 6) is 1.67. The van der Waals surface area contributed by atoms with Gasteiger partial charge in [0.2, 0.25) is 5.13 Å². The number of hydrogen-bond donors (Lipinski definition) is 2. The van der Waals surface area contributed by atoms with E-state index in [9.17, 15) is 0 Å². The molecule has 1 aliphatic rings. The molecule has 1 saturated carbocycles. The molecule has 1 aliphatic carbocycles. The number of methoxy groups -OCH3 is 1. The molecule has 0 spiro atoms. The molecule has 2 rings (SSSR count). The van der Waals surface area contributed by atoms with Gasteiger partial charge in [-0.05, 0) is 12.8 Å². The minimum Gasteiger partial charge on any atom is -0.383 e. The van der Waals surface area contributed by atoms with E-state index in [1.807, 2.05) is 0 Å². The van der Waals surface area contributed by atoms with Gasteiger partial charge in [0.15, 0.2) is 0 Å². The highest BCUT2D eigenvalue weighted by Gasteiger charge is 2.27. The maximum Gasteiger partial charge on any atom is 0.202 e. The van der Waals surface area contributed by atoms with Crippen LogP contribution in [-0.2, 0) is 4.74 Å². The molecule has 0 atom stereocenters. The lowest BCUT2D eigenvalue weighted by Gasteiger charge is -2.03. The molecule has 5 nitrogen and oxygen atoms in total. The fourth-order valence-corrected chi connectivity index (χ4v) is 2.04. The van der Waals surface area contributed by atoms with Gasteiger partial charge in [0, 0.05) is 44.2 Å². The minimum absolute atomic E-state index is 0.645. The molecule has 0 bridgehead atoms. The minimum atomic E-state index is 0.645. The van der Waals surface area contributed by atoms with Crippen LogP contribution in [-0.4, -0.2) is 42.7 Å². The summed E-state index contributed by atoms with van der Waals surface area (Å²) in [6.07, 6.45) is 2.52. The molecule has 16 heavy (non-hydrogen) atoms. The predicted octanol–water partition coefficient (Wildman–Crippen LogP) is 1.06. The molecule has 6 heteroatoms. The van der Waals surface area contributed by atoms with Gasteiger partial charge in [0.1, 0.15) is 5.82 Å². The van der Waals surface area contributed by atoms with Crippen molar-refractivity contribution in [2.45, 2.75) is 18.8 Å². The number of anilines is 1. The standard InChI is InChI=1S/C10H18N4OS/c1-15-7-6-11-4-5-12-10-13-9(14-16-10)8-2-3-8/h8,11H,2-7H2,1H3,(H,12,13,14). The Hall–Kier alpha value is -0.720. The van der Waals surface area contributed by atoms with Gasteiger partial charge in [0.25, 0.3) is 0 Å². The molecule has 1 fully saturated rings. The fourth-order valence-electron chi connectivity index (χ4n) is 1.37. The second-order valence-electron chi connectivity index (χ2n) is 3.90. The van der Waals surface area contributed by atoms with Gasteiger partial charge in [0.05, 0.1) is 6.61 Å². The summed E-state index contributed by atoms with van der Waals surface area (Å²) < 4.78 is 9.27. The Balaban J connectivity index is 1.57. The number of aromatic nitrogens is 2. The van der Waals surface area contributed by atoms with Crippen LogP contribution in [0.3, 0.4) is 0 Å². The zero-order chi connectivity index (χ0) is 11.2. The molecule has 2 N–H and O–H groups in total. The summed E-state index contributed by atoms with van der Waals surface area (Å²) in [6, 6.07) is 0. The van der Waals surface area contributed by atoms with Gasteiger partial charge in [-0.1, -0.05) is 0 Å². The van der Waals surface area contributed by atoms with E-state index in [1.165, 1.54) is 24.4 Å². The summed E-state index contributed by atoms with van der Waals surface area (Å²) in [4.78, 5) is 4.45. The molecule has 90 valence electrons. The van der Waals surface area contributed by atoms with Gasteiger partial charge in [-0.15, -0.1) is 0 Å². The van der Waals surface area contributed by atoms with Crippen LogP contribution >= 0.6 is 11.5 Å². The van der Waals surface area contributed by atoms with E-state index in [4.69, 9.17) is 4.74 Å². The smallest absolute Gasteiger partial charge is 0.202 e. The van der Waals surface area contributed by atoms with Crippen molar-refractivity contribution in [2.24, 2.45) is 0 Å². The quantitative estimate of drug-likeness (QED) is 0.668. The van der Waals surface area contributed by atoms with Crippen molar-refractivity contribution in [3.63, 3.8) is 0 Å². The van der Waals surface area contributed by atoms with Gasteiger partial charge in [-0.25, -0.2) is 4.98 Å². The summed E-state index contributed by atoms with van der Waals surface area (Å²) >= 11 is 1.46. The molecular weight excluding hydrogens is 224 g/mol. The highest BCUT2D eigenvalue weighted by molar-refractivity contribution is 7.09. The Kier molecular flexibility index (Phi) is 4.50. The molecule has 1 aromatic rings. The lowest BCUT2D eigenvalue weighted by Crippen LogP contribution is -2.25. The Morgan fingerprint density at radius 1 is 1.38 bits per heavy atom. The largest absolute Gasteiger partial charge is 0.383 e. The number of nitrogens with zero attached hydrogens (tertiary/aromatic N) is 2. The second-order valence-corrected chi connectivity index (χ2v) is 4.65.